The number of aryl methyl sites for hydroxylation is 1. The Bertz CT molecular complexity index is 834. The van der Waals surface area contributed by atoms with Crippen LogP contribution in [-0.4, -0.2) is 31.4 Å². The average Bonchev–Trinajstić information content (AvgIpc) is 3.03. The van der Waals surface area contributed by atoms with E-state index in [1.54, 1.807) is 4.68 Å². The molecule has 7 heteroatoms. The van der Waals surface area contributed by atoms with E-state index in [2.05, 4.69) is 20.8 Å². The summed E-state index contributed by atoms with van der Waals surface area (Å²) in [5.41, 5.74) is 2.74. The summed E-state index contributed by atoms with van der Waals surface area (Å²) in [4.78, 5) is 12.4. The molecule has 0 saturated carbocycles. The number of amides is 1. The van der Waals surface area contributed by atoms with Crippen LogP contribution in [0, 0.1) is 6.92 Å². The third kappa shape index (κ3) is 3.80. The molecular formula is C17H17N5OS. The summed E-state index contributed by atoms with van der Waals surface area (Å²) < 4.78 is 1.63. The zero-order valence-electron chi connectivity index (χ0n) is 13.4. The lowest BCUT2D eigenvalue weighted by Gasteiger charge is -2.12. The topological polar surface area (TPSA) is 72.7 Å². The van der Waals surface area contributed by atoms with E-state index in [1.165, 1.54) is 11.8 Å². The monoisotopic (exact) mass is 339 g/mol. The molecule has 1 amide bonds. The highest BCUT2D eigenvalue weighted by Crippen LogP contribution is 2.23. The quantitative estimate of drug-likeness (QED) is 0.723. The minimum atomic E-state index is -0.334. The van der Waals surface area contributed by atoms with E-state index >= 15 is 0 Å². The van der Waals surface area contributed by atoms with Crippen LogP contribution < -0.4 is 5.32 Å². The summed E-state index contributed by atoms with van der Waals surface area (Å²) in [6.45, 7) is 3.82. The van der Waals surface area contributed by atoms with Crippen molar-refractivity contribution in [2.45, 2.75) is 24.3 Å². The number of carbonyl (C=O) groups is 1. The van der Waals surface area contributed by atoms with Gasteiger partial charge in [0, 0.05) is 5.69 Å². The first kappa shape index (κ1) is 16.2. The van der Waals surface area contributed by atoms with Crippen LogP contribution in [-0.2, 0) is 4.79 Å². The molecule has 2 aromatic carbocycles. The maximum Gasteiger partial charge on any atom is 0.237 e. The molecule has 122 valence electrons. The smallest absolute Gasteiger partial charge is 0.237 e. The van der Waals surface area contributed by atoms with Gasteiger partial charge in [-0.15, -0.1) is 5.10 Å². The molecule has 0 bridgehead atoms. The lowest BCUT2D eigenvalue weighted by Crippen LogP contribution is -2.23. The number of benzene rings is 2. The van der Waals surface area contributed by atoms with Crippen LogP contribution in [0.1, 0.15) is 12.5 Å². The number of tetrazole rings is 1. The molecular weight excluding hydrogens is 322 g/mol. The lowest BCUT2D eigenvalue weighted by atomic mass is 10.2. The van der Waals surface area contributed by atoms with E-state index < -0.39 is 0 Å². The first-order valence-corrected chi connectivity index (χ1v) is 8.39. The first-order chi connectivity index (χ1) is 11.6. The predicted octanol–water partition coefficient (Wildman–Crippen LogP) is 3.09. The van der Waals surface area contributed by atoms with Gasteiger partial charge in [0.25, 0.3) is 0 Å². The van der Waals surface area contributed by atoms with Crippen LogP contribution >= 0.6 is 11.8 Å². The van der Waals surface area contributed by atoms with Crippen molar-refractivity contribution in [3.63, 3.8) is 0 Å². The van der Waals surface area contributed by atoms with Gasteiger partial charge in [0.05, 0.1) is 10.9 Å². The van der Waals surface area contributed by atoms with E-state index in [-0.39, 0.29) is 11.2 Å². The molecule has 0 aliphatic rings. The van der Waals surface area contributed by atoms with E-state index in [0.29, 0.717) is 5.16 Å². The van der Waals surface area contributed by atoms with Crippen molar-refractivity contribution in [3.8, 4) is 5.69 Å². The fraction of sp³-hybridized carbons (Fsp3) is 0.176. The van der Waals surface area contributed by atoms with Crippen LogP contribution in [0.4, 0.5) is 5.69 Å². The van der Waals surface area contributed by atoms with Crippen molar-refractivity contribution >= 4 is 23.4 Å². The van der Waals surface area contributed by atoms with Crippen molar-refractivity contribution in [1.29, 1.82) is 0 Å². The highest BCUT2D eigenvalue weighted by molar-refractivity contribution is 8.00. The third-order valence-electron chi connectivity index (χ3n) is 3.38. The van der Waals surface area contributed by atoms with Crippen LogP contribution in [0.2, 0.25) is 0 Å². The lowest BCUT2D eigenvalue weighted by molar-refractivity contribution is -0.115. The second kappa shape index (κ2) is 7.27. The minimum absolute atomic E-state index is 0.0896. The highest BCUT2D eigenvalue weighted by atomic mass is 32.2. The molecule has 0 unspecified atom stereocenters. The minimum Gasteiger partial charge on any atom is -0.325 e. The fourth-order valence-corrected chi connectivity index (χ4v) is 2.97. The molecule has 0 aliphatic carbocycles. The molecule has 1 aromatic heterocycles. The van der Waals surface area contributed by atoms with Crippen molar-refractivity contribution in [3.05, 3.63) is 60.2 Å². The number of rotatable bonds is 5. The molecule has 0 spiro atoms. The molecule has 0 saturated heterocycles. The predicted molar refractivity (Wildman–Crippen MR) is 94.3 cm³/mol. The Morgan fingerprint density at radius 2 is 1.96 bits per heavy atom. The van der Waals surface area contributed by atoms with Gasteiger partial charge in [-0.25, -0.2) is 0 Å². The van der Waals surface area contributed by atoms with Crippen LogP contribution in [0.5, 0.6) is 0 Å². The highest BCUT2D eigenvalue weighted by Gasteiger charge is 2.19. The van der Waals surface area contributed by atoms with Crippen LogP contribution in [0.15, 0.2) is 59.8 Å². The Morgan fingerprint density at radius 3 is 2.71 bits per heavy atom. The standard InChI is InChI=1S/C17H17N5OS/c1-12-7-6-8-14(11-12)18-16(23)13(2)24-17-19-20-21-22(17)15-9-4-3-5-10-15/h3-11,13H,1-2H3,(H,18,23)/t13-/m0/s1. The van der Waals surface area contributed by atoms with Crippen LogP contribution in [0.25, 0.3) is 5.69 Å². The number of nitrogens with zero attached hydrogens (tertiary/aromatic N) is 4. The van der Waals surface area contributed by atoms with Crippen molar-refractivity contribution < 1.29 is 4.79 Å². The molecule has 0 fully saturated rings. The van der Waals surface area contributed by atoms with Gasteiger partial charge in [-0.1, -0.05) is 42.1 Å². The summed E-state index contributed by atoms with van der Waals surface area (Å²) in [6.07, 6.45) is 0. The molecule has 0 aliphatic heterocycles. The largest absolute Gasteiger partial charge is 0.325 e. The summed E-state index contributed by atoms with van der Waals surface area (Å²) >= 11 is 1.32. The van der Waals surface area contributed by atoms with Gasteiger partial charge in [-0.3, -0.25) is 4.79 Å². The second-order valence-corrected chi connectivity index (χ2v) is 6.64. The van der Waals surface area contributed by atoms with Gasteiger partial charge in [-0.2, -0.15) is 4.68 Å². The molecule has 24 heavy (non-hydrogen) atoms. The summed E-state index contributed by atoms with van der Waals surface area (Å²) in [5.74, 6) is -0.0896. The number of para-hydroxylation sites is 1. The van der Waals surface area contributed by atoms with Gasteiger partial charge >= 0.3 is 0 Å². The van der Waals surface area contributed by atoms with Gasteiger partial charge in [-0.05, 0) is 54.1 Å². The Labute approximate surface area is 144 Å². The first-order valence-electron chi connectivity index (χ1n) is 7.51. The average molecular weight is 339 g/mol. The van der Waals surface area contributed by atoms with Crippen LogP contribution in [0.3, 0.4) is 0 Å². The maximum atomic E-state index is 12.4. The van der Waals surface area contributed by atoms with E-state index in [9.17, 15) is 4.79 Å². The van der Waals surface area contributed by atoms with E-state index in [4.69, 9.17) is 0 Å². The SMILES string of the molecule is Cc1cccc(NC(=O)[C@H](C)Sc2nnnn2-c2ccccc2)c1. The Kier molecular flexibility index (Phi) is 4.90. The maximum absolute atomic E-state index is 12.4. The van der Waals surface area contributed by atoms with Crippen molar-refractivity contribution in [1.82, 2.24) is 20.2 Å². The molecule has 3 aromatic rings. The molecule has 3 rings (SSSR count). The zero-order valence-corrected chi connectivity index (χ0v) is 14.2. The number of hydrogen-bond acceptors (Lipinski definition) is 5. The molecule has 1 atom stereocenters. The Balaban J connectivity index is 1.70. The second-order valence-electron chi connectivity index (χ2n) is 5.33. The van der Waals surface area contributed by atoms with Gasteiger partial charge in [0.1, 0.15) is 0 Å². The summed E-state index contributed by atoms with van der Waals surface area (Å²) in [6, 6.07) is 17.3. The fourth-order valence-electron chi connectivity index (χ4n) is 2.16. The van der Waals surface area contributed by atoms with Crippen molar-refractivity contribution in [2.24, 2.45) is 0 Å². The number of hydrogen-bond donors (Lipinski definition) is 1. The van der Waals surface area contributed by atoms with Gasteiger partial charge in [0.15, 0.2) is 0 Å². The molecule has 6 nitrogen and oxygen atoms in total. The Morgan fingerprint density at radius 1 is 1.17 bits per heavy atom. The normalized spacial score (nSPS) is 11.9. The van der Waals surface area contributed by atoms with E-state index in [1.807, 2.05) is 68.4 Å². The van der Waals surface area contributed by atoms with Gasteiger partial charge in [0.2, 0.25) is 11.1 Å². The Hall–Kier alpha value is -2.67. The summed E-state index contributed by atoms with van der Waals surface area (Å²) in [5, 5.41) is 14.9. The zero-order chi connectivity index (χ0) is 16.9. The van der Waals surface area contributed by atoms with Crippen molar-refractivity contribution in [2.75, 3.05) is 5.32 Å². The van der Waals surface area contributed by atoms with Gasteiger partial charge < -0.3 is 5.32 Å². The number of carbonyl (C=O) groups excluding carboxylic acids is 1. The van der Waals surface area contributed by atoms with E-state index in [0.717, 1.165) is 16.9 Å². The number of nitrogens with one attached hydrogen (secondary N) is 1. The molecule has 1 heterocycles. The molecule has 0 radical (unpaired) electrons. The third-order valence-corrected chi connectivity index (χ3v) is 4.41. The molecule has 1 N–H and O–H groups in total. The number of anilines is 1. The summed E-state index contributed by atoms with van der Waals surface area (Å²) in [7, 11) is 0. The number of thioether (sulfide) groups is 1. The number of aromatic nitrogens is 4.